The number of hydrogen-bond acceptors (Lipinski definition) is 4. The maximum Gasteiger partial charge on any atom is 0.373 e. The van der Waals surface area contributed by atoms with E-state index in [0.717, 1.165) is 16.6 Å². The molecule has 0 aliphatic heterocycles. The van der Waals surface area contributed by atoms with Crippen molar-refractivity contribution in [2.45, 2.75) is 20.4 Å². The van der Waals surface area contributed by atoms with Gasteiger partial charge >= 0.3 is 5.97 Å². The summed E-state index contributed by atoms with van der Waals surface area (Å²) in [5.41, 5.74) is 2.95. The number of carbonyl (C=O) groups excluding carboxylic acids is 1. The van der Waals surface area contributed by atoms with Crippen molar-refractivity contribution in [1.82, 2.24) is 4.57 Å². The van der Waals surface area contributed by atoms with Gasteiger partial charge in [0, 0.05) is 17.6 Å². The predicted octanol–water partition coefficient (Wildman–Crippen LogP) is 3.05. The van der Waals surface area contributed by atoms with Gasteiger partial charge in [-0.15, -0.1) is 0 Å². The molecule has 1 aromatic carbocycles. The largest absolute Gasteiger partial charge is 0.463 e. The third-order valence-corrected chi connectivity index (χ3v) is 3.78. The second-order valence-electron chi connectivity index (χ2n) is 5.54. The van der Waals surface area contributed by atoms with E-state index in [2.05, 4.69) is 4.74 Å². The normalized spacial score (nSPS) is 10.9. The Bertz CT molecular complexity index is 949. The summed E-state index contributed by atoms with van der Waals surface area (Å²) in [6, 6.07) is 8.80. The Hall–Kier alpha value is -2.82. The summed E-state index contributed by atoms with van der Waals surface area (Å²) in [5.74, 6) is 0.281. The van der Waals surface area contributed by atoms with E-state index in [0.29, 0.717) is 17.7 Å². The SMILES string of the molecule is COC(=O)c1ccc(Cn2ccc(=O)c3cc(C)cc(C)c32)o1. The van der Waals surface area contributed by atoms with E-state index >= 15 is 0 Å². The lowest BCUT2D eigenvalue weighted by Crippen LogP contribution is -2.10. The van der Waals surface area contributed by atoms with Crippen LogP contribution >= 0.6 is 0 Å². The zero-order valence-electron chi connectivity index (χ0n) is 13.3. The topological polar surface area (TPSA) is 61.4 Å². The van der Waals surface area contributed by atoms with E-state index in [9.17, 15) is 9.59 Å². The Morgan fingerprint density at radius 3 is 2.74 bits per heavy atom. The fourth-order valence-corrected chi connectivity index (χ4v) is 2.82. The molecule has 0 saturated carbocycles. The molecule has 118 valence electrons. The molecule has 3 aromatic rings. The molecule has 0 unspecified atom stereocenters. The third kappa shape index (κ3) is 2.77. The highest BCUT2D eigenvalue weighted by Crippen LogP contribution is 2.20. The van der Waals surface area contributed by atoms with Gasteiger partial charge in [0.15, 0.2) is 5.43 Å². The van der Waals surface area contributed by atoms with Crippen LogP contribution in [-0.2, 0) is 11.3 Å². The van der Waals surface area contributed by atoms with Crippen LogP contribution in [0.3, 0.4) is 0 Å². The van der Waals surface area contributed by atoms with Crippen LogP contribution in [0.5, 0.6) is 0 Å². The highest BCUT2D eigenvalue weighted by Gasteiger charge is 2.13. The molecule has 0 amide bonds. The van der Waals surface area contributed by atoms with E-state index in [4.69, 9.17) is 4.42 Å². The van der Waals surface area contributed by atoms with Crippen molar-refractivity contribution >= 4 is 16.9 Å². The number of nitrogens with zero attached hydrogens (tertiary/aromatic N) is 1. The van der Waals surface area contributed by atoms with E-state index in [1.807, 2.05) is 30.5 Å². The third-order valence-electron chi connectivity index (χ3n) is 3.78. The van der Waals surface area contributed by atoms with Crippen LogP contribution in [-0.4, -0.2) is 17.6 Å². The van der Waals surface area contributed by atoms with E-state index in [1.165, 1.54) is 7.11 Å². The van der Waals surface area contributed by atoms with Crippen molar-refractivity contribution in [3.63, 3.8) is 0 Å². The van der Waals surface area contributed by atoms with Crippen LogP contribution in [0.25, 0.3) is 10.9 Å². The first-order valence-electron chi connectivity index (χ1n) is 7.27. The molecule has 5 nitrogen and oxygen atoms in total. The van der Waals surface area contributed by atoms with Gasteiger partial charge in [-0.3, -0.25) is 4.79 Å². The lowest BCUT2D eigenvalue weighted by Gasteiger charge is -2.12. The summed E-state index contributed by atoms with van der Waals surface area (Å²) < 4.78 is 12.1. The van der Waals surface area contributed by atoms with Crippen LogP contribution in [0.4, 0.5) is 0 Å². The van der Waals surface area contributed by atoms with Crippen molar-refractivity contribution in [3.05, 3.63) is 69.4 Å². The number of aryl methyl sites for hydroxylation is 2. The van der Waals surface area contributed by atoms with Crippen LogP contribution in [0, 0.1) is 13.8 Å². The van der Waals surface area contributed by atoms with Crippen LogP contribution in [0.2, 0.25) is 0 Å². The summed E-state index contributed by atoms with van der Waals surface area (Å²) in [6.45, 7) is 4.38. The Balaban J connectivity index is 2.07. The fourth-order valence-electron chi connectivity index (χ4n) is 2.82. The number of furan rings is 1. The first kappa shape index (κ1) is 15.1. The maximum absolute atomic E-state index is 12.1. The lowest BCUT2D eigenvalue weighted by atomic mass is 10.1. The quantitative estimate of drug-likeness (QED) is 0.698. The molecular formula is C18H17NO4. The molecule has 0 aliphatic rings. The zero-order valence-corrected chi connectivity index (χ0v) is 13.3. The average molecular weight is 311 g/mol. The highest BCUT2D eigenvalue weighted by atomic mass is 16.5. The smallest absolute Gasteiger partial charge is 0.373 e. The second kappa shape index (κ2) is 5.76. The van der Waals surface area contributed by atoms with Gasteiger partial charge in [-0.05, 0) is 43.2 Å². The molecule has 0 atom stereocenters. The monoisotopic (exact) mass is 311 g/mol. The van der Waals surface area contributed by atoms with Gasteiger partial charge in [0.2, 0.25) is 5.76 Å². The first-order valence-corrected chi connectivity index (χ1v) is 7.27. The molecule has 3 rings (SSSR count). The van der Waals surface area contributed by atoms with Gasteiger partial charge < -0.3 is 13.7 Å². The van der Waals surface area contributed by atoms with E-state index in [1.54, 1.807) is 24.4 Å². The van der Waals surface area contributed by atoms with Crippen LogP contribution < -0.4 is 5.43 Å². The zero-order chi connectivity index (χ0) is 16.6. The summed E-state index contributed by atoms with van der Waals surface area (Å²) in [6.07, 6.45) is 1.74. The van der Waals surface area contributed by atoms with Gasteiger partial charge in [-0.25, -0.2) is 4.79 Å². The highest BCUT2D eigenvalue weighted by molar-refractivity contribution is 5.86. The fraction of sp³-hybridized carbons (Fsp3) is 0.222. The number of benzene rings is 1. The lowest BCUT2D eigenvalue weighted by molar-refractivity contribution is 0.0563. The van der Waals surface area contributed by atoms with Gasteiger partial charge in [0.05, 0.1) is 19.2 Å². The maximum atomic E-state index is 12.1. The Kier molecular flexibility index (Phi) is 3.78. The predicted molar refractivity (Wildman–Crippen MR) is 86.8 cm³/mol. The second-order valence-corrected chi connectivity index (χ2v) is 5.54. The minimum atomic E-state index is -0.507. The molecule has 0 fully saturated rings. The molecule has 0 bridgehead atoms. The van der Waals surface area contributed by atoms with Crippen molar-refractivity contribution in [2.75, 3.05) is 7.11 Å². The first-order chi connectivity index (χ1) is 11.0. The molecular weight excluding hydrogens is 294 g/mol. The van der Waals surface area contributed by atoms with Crippen molar-refractivity contribution in [2.24, 2.45) is 0 Å². The number of ether oxygens (including phenoxy) is 1. The Morgan fingerprint density at radius 2 is 2.00 bits per heavy atom. The molecule has 2 aromatic heterocycles. The summed E-state index contributed by atoms with van der Waals surface area (Å²) >= 11 is 0. The van der Waals surface area contributed by atoms with Gasteiger partial charge in [0.25, 0.3) is 0 Å². The molecule has 0 spiro atoms. The number of aromatic nitrogens is 1. The van der Waals surface area contributed by atoms with Crippen molar-refractivity contribution < 1.29 is 13.9 Å². The molecule has 0 saturated heterocycles. The van der Waals surface area contributed by atoms with E-state index < -0.39 is 5.97 Å². The minimum absolute atomic E-state index is 0.00209. The molecule has 0 radical (unpaired) electrons. The number of rotatable bonds is 3. The van der Waals surface area contributed by atoms with Gasteiger partial charge in [-0.1, -0.05) is 6.07 Å². The van der Waals surface area contributed by atoms with Crippen molar-refractivity contribution in [1.29, 1.82) is 0 Å². The number of hydrogen-bond donors (Lipinski definition) is 0. The summed E-state index contributed by atoms with van der Waals surface area (Å²) in [7, 11) is 1.31. The number of fused-ring (bicyclic) bond motifs is 1. The molecule has 0 N–H and O–H groups in total. The summed E-state index contributed by atoms with van der Waals surface area (Å²) in [4.78, 5) is 23.6. The molecule has 2 heterocycles. The number of methoxy groups -OCH3 is 1. The minimum Gasteiger partial charge on any atom is -0.463 e. The standard InChI is InChI=1S/C18H17NO4/c1-11-8-12(2)17-14(9-11)15(20)6-7-19(17)10-13-4-5-16(23-13)18(21)22-3/h4-9H,10H2,1-3H3. The summed E-state index contributed by atoms with van der Waals surface area (Å²) in [5, 5.41) is 0.685. The number of pyridine rings is 1. The van der Waals surface area contributed by atoms with Gasteiger partial charge in [-0.2, -0.15) is 0 Å². The van der Waals surface area contributed by atoms with Gasteiger partial charge in [0.1, 0.15) is 5.76 Å². The van der Waals surface area contributed by atoms with Crippen molar-refractivity contribution in [3.8, 4) is 0 Å². The Labute approximate surface area is 133 Å². The number of esters is 1. The van der Waals surface area contributed by atoms with Crippen LogP contribution in [0.1, 0.15) is 27.4 Å². The average Bonchev–Trinajstić information content (AvgIpc) is 2.97. The van der Waals surface area contributed by atoms with Crippen LogP contribution in [0.15, 0.2) is 45.7 Å². The van der Waals surface area contributed by atoms with E-state index in [-0.39, 0.29) is 11.2 Å². The molecule has 0 aliphatic carbocycles. The molecule has 23 heavy (non-hydrogen) atoms. The Morgan fingerprint density at radius 1 is 1.22 bits per heavy atom. The number of carbonyl (C=O) groups is 1. The molecule has 5 heteroatoms.